The third-order valence-electron chi connectivity index (χ3n) is 3.81. The van der Waals surface area contributed by atoms with E-state index in [0.717, 1.165) is 22.5 Å². The molecule has 0 saturated heterocycles. The molecule has 0 spiro atoms. The minimum Gasteiger partial charge on any atom is -0.326 e. The highest BCUT2D eigenvalue weighted by Gasteiger charge is 2.11. The molecule has 3 aromatic rings. The summed E-state index contributed by atoms with van der Waals surface area (Å²) >= 11 is 0. The molecule has 1 aromatic heterocycles. The molecular formula is C18H19N3. The summed E-state index contributed by atoms with van der Waals surface area (Å²) in [7, 11) is 0. The maximum atomic E-state index is 5.89. The molecule has 0 aliphatic rings. The number of para-hydroxylation sites is 1. The molecule has 21 heavy (non-hydrogen) atoms. The van der Waals surface area contributed by atoms with Crippen LogP contribution in [0.5, 0.6) is 0 Å². The Balaban J connectivity index is 2.10. The number of rotatable bonds is 3. The number of hydrogen-bond donors (Lipinski definition) is 1. The van der Waals surface area contributed by atoms with Crippen molar-refractivity contribution < 1.29 is 0 Å². The second-order valence-corrected chi connectivity index (χ2v) is 5.29. The highest BCUT2D eigenvalue weighted by molar-refractivity contribution is 5.64. The van der Waals surface area contributed by atoms with Crippen molar-refractivity contribution in [1.82, 2.24) is 9.78 Å². The zero-order valence-electron chi connectivity index (χ0n) is 12.4. The van der Waals surface area contributed by atoms with E-state index in [1.807, 2.05) is 41.2 Å². The van der Waals surface area contributed by atoms with Gasteiger partial charge in [-0.25, -0.2) is 4.68 Å². The average Bonchev–Trinajstić information content (AvgIpc) is 2.95. The van der Waals surface area contributed by atoms with Gasteiger partial charge in [-0.15, -0.1) is 0 Å². The molecule has 1 heterocycles. The van der Waals surface area contributed by atoms with E-state index in [-0.39, 0.29) is 0 Å². The summed E-state index contributed by atoms with van der Waals surface area (Å²) < 4.78 is 1.90. The topological polar surface area (TPSA) is 43.8 Å². The molecule has 0 aliphatic carbocycles. The van der Waals surface area contributed by atoms with Gasteiger partial charge in [0.25, 0.3) is 0 Å². The first-order chi connectivity index (χ1) is 10.2. The van der Waals surface area contributed by atoms with Gasteiger partial charge in [0.2, 0.25) is 0 Å². The monoisotopic (exact) mass is 277 g/mol. The van der Waals surface area contributed by atoms with Crippen LogP contribution in [0.1, 0.15) is 16.7 Å². The highest BCUT2D eigenvalue weighted by Crippen LogP contribution is 2.25. The van der Waals surface area contributed by atoms with Gasteiger partial charge in [-0.2, -0.15) is 5.10 Å². The van der Waals surface area contributed by atoms with Crippen LogP contribution >= 0.6 is 0 Å². The lowest BCUT2D eigenvalue weighted by Crippen LogP contribution is -1.96. The van der Waals surface area contributed by atoms with Crippen LogP contribution in [0.25, 0.3) is 16.9 Å². The zero-order chi connectivity index (χ0) is 14.8. The normalized spacial score (nSPS) is 10.8. The van der Waals surface area contributed by atoms with E-state index < -0.39 is 0 Å². The third kappa shape index (κ3) is 2.60. The van der Waals surface area contributed by atoms with Crippen molar-refractivity contribution >= 4 is 0 Å². The molecule has 0 unspecified atom stereocenters. The van der Waals surface area contributed by atoms with E-state index in [2.05, 4.69) is 32.0 Å². The van der Waals surface area contributed by atoms with E-state index in [1.54, 1.807) is 0 Å². The number of nitrogens with two attached hydrogens (primary N) is 1. The van der Waals surface area contributed by atoms with Crippen LogP contribution in [-0.4, -0.2) is 9.78 Å². The molecule has 2 N–H and O–H groups in total. The highest BCUT2D eigenvalue weighted by atomic mass is 15.3. The molecule has 106 valence electrons. The molecule has 0 bridgehead atoms. The molecule has 3 rings (SSSR count). The van der Waals surface area contributed by atoms with Gasteiger partial charge in [0.1, 0.15) is 0 Å². The van der Waals surface area contributed by atoms with Crippen molar-refractivity contribution in [2.24, 2.45) is 5.73 Å². The SMILES string of the molecule is Cc1ccc(-c2nn(-c3ccccc3)cc2CN)cc1C. The maximum absolute atomic E-state index is 5.89. The lowest BCUT2D eigenvalue weighted by molar-refractivity contribution is 0.883. The fraction of sp³-hybridized carbons (Fsp3) is 0.167. The van der Waals surface area contributed by atoms with Crippen LogP contribution in [0, 0.1) is 13.8 Å². The number of aromatic nitrogens is 2. The van der Waals surface area contributed by atoms with E-state index in [9.17, 15) is 0 Å². The summed E-state index contributed by atoms with van der Waals surface area (Å²) in [5.74, 6) is 0. The summed E-state index contributed by atoms with van der Waals surface area (Å²) in [6.07, 6.45) is 2.01. The van der Waals surface area contributed by atoms with Crippen molar-refractivity contribution in [2.45, 2.75) is 20.4 Å². The van der Waals surface area contributed by atoms with E-state index >= 15 is 0 Å². The Bertz CT molecular complexity index is 757. The van der Waals surface area contributed by atoms with Crippen molar-refractivity contribution in [3.8, 4) is 16.9 Å². The van der Waals surface area contributed by atoms with Crippen molar-refractivity contribution in [3.63, 3.8) is 0 Å². The van der Waals surface area contributed by atoms with Gasteiger partial charge in [-0.05, 0) is 43.2 Å². The smallest absolute Gasteiger partial charge is 0.0972 e. The summed E-state index contributed by atoms with van der Waals surface area (Å²) in [5, 5.41) is 4.73. The van der Waals surface area contributed by atoms with Crippen LogP contribution in [0.15, 0.2) is 54.7 Å². The first-order valence-electron chi connectivity index (χ1n) is 7.10. The van der Waals surface area contributed by atoms with Crippen LogP contribution in [0.3, 0.4) is 0 Å². The molecule has 0 aliphatic heterocycles. The van der Waals surface area contributed by atoms with Crippen molar-refractivity contribution in [1.29, 1.82) is 0 Å². The Kier molecular flexibility index (Phi) is 3.59. The summed E-state index contributed by atoms with van der Waals surface area (Å²) in [5.41, 5.74) is 12.6. The largest absolute Gasteiger partial charge is 0.326 e. The van der Waals surface area contributed by atoms with Gasteiger partial charge in [0.05, 0.1) is 11.4 Å². The molecule has 0 radical (unpaired) electrons. The van der Waals surface area contributed by atoms with Gasteiger partial charge in [0, 0.05) is 23.9 Å². The van der Waals surface area contributed by atoms with Gasteiger partial charge < -0.3 is 5.73 Å². The number of hydrogen-bond acceptors (Lipinski definition) is 2. The predicted octanol–water partition coefficient (Wildman–Crippen LogP) is 3.61. The standard InChI is InChI=1S/C18H19N3/c1-13-8-9-15(10-14(13)2)18-16(11-19)12-21(20-18)17-6-4-3-5-7-17/h3-10,12H,11,19H2,1-2H3. The molecule has 0 atom stereocenters. The van der Waals surface area contributed by atoms with Gasteiger partial charge in [-0.1, -0.05) is 30.3 Å². The lowest BCUT2D eigenvalue weighted by atomic mass is 10.0. The molecular weight excluding hydrogens is 258 g/mol. The molecule has 3 heteroatoms. The molecule has 3 nitrogen and oxygen atoms in total. The van der Waals surface area contributed by atoms with Gasteiger partial charge >= 0.3 is 0 Å². The van der Waals surface area contributed by atoms with Crippen LogP contribution in [0.4, 0.5) is 0 Å². The van der Waals surface area contributed by atoms with Crippen LogP contribution in [0.2, 0.25) is 0 Å². The first-order valence-corrected chi connectivity index (χ1v) is 7.10. The molecule has 0 saturated carbocycles. The quantitative estimate of drug-likeness (QED) is 0.794. The Morgan fingerprint density at radius 1 is 1.00 bits per heavy atom. The summed E-state index contributed by atoms with van der Waals surface area (Å²) in [4.78, 5) is 0. The maximum Gasteiger partial charge on any atom is 0.0972 e. The van der Waals surface area contributed by atoms with Gasteiger partial charge in [-0.3, -0.25) is 0 Å². The molecule has 0 fully saturated rings. The second kappa shape index (κ2) is 5.54. The molecule has 2 aromatic carbocycles. The minimum atomic E-state index is 0.481. The fourth-order valence-corrected chi connectivity index (χ4v) is 2.40. The fourth-order valence-electron chi connectivity index (χ4n) is 2.40. The first kappa shape index (κ1) is 13.6. The van der Waals surface area contributed by atoms with E-state index in [1.165, 1.54) is 11.1 Å². The minimum absolute atomic E-state index is 0.481. The second-order valence-electron chi connectivity index (χ2n) is 5.29. The number of benzene rings is 2. The Morgan fingerprint density at radius 2 is 1.76 bits per heavy atom. The van der Waals surface area contributed by atoms with Gasteiger partial charge in [0.15, 0.2) is 0 Å². The zero-order valence-corrected chi connectivity index (χ0v) is 12.4. The Hall–Kier alpha value is -2.39. The Labute approximate surface area is 125 Å². The number of nitrogens with zero attached hydrogens (tertiary/aromatic N) is 2. The number of aryl methyl sites for hydroxylation is 2. The predicted molar refractivity (Wildman–Crippen MR) is 86.4 cm³/mol. The summed E-state index contributed by atoms with van der Waals surface area (Å²) in [6.45, 7) is 4.72. The summed E-state index contributed by atoms with van der Waals surface area (Å²) in [6, 6.07) is 16.5. The third-order valence-corrected chi connectivity index (χ3v) is 3.81. The van der Waals surface area contributed by atoms with E-state index in [0.29, 0.717) is 6.54 Å². The lowest BCUT2D eigenvalue weighted by Gasteiger charge is -2.04. The Morgan fingerprint density at radius 3 is 2.43 bits per heavy atom. The average molecular weight is 277 g/mol. The van der Waals surface area contributed by atoms with Crippen molar-refractivity contribution in [3.05, 3.63) is 71.4 Å². The van der Waals surface area contributed by atoms with E-state index in [4.69, 9.17) is 10.8 Å². The van der Waals surface area contributed by atoms with Crippen LogP contribution in [-0.2, 0) is 6.54 Å². The molecule has 0 amide bonds. The van der Waals surface area contributed by atoms with Crippen molar-refractivity contribution in [2.75, 3.05) is 0 Å². The van der Waals surface area contributed by atoms with Crippen LogP contribution < -0.4 is 5.73 Å².